The van der Waals surface area contributed by atoms with Crippen molar-refractivity contribution >= 4 is 33.3 Å². The molecule has 3 aromatic heterocycles. The molecule has 3 aromatic rings. The minimum atomic E-state index is -4.53. The van der Waals surface area contributed by atoms with Crippen molar-refractivity contribution in [1.29, 1.82) is 0 Å². The highest BCUT2D eigenvalue weighted by Gasteiger charge is 2.33. The molecule has 0 amide bonds. The number of halogens is 3. The van der Waals surface area contributed by atoms with E-state index in [1.807, 2.05) is 0 Å². The van der Waals surface area contributed by atoms with Crippen molar-refractivity contribution in [3.8, 4) is 0 Å². The van der Waals surface area contributed by atoms with Gasteiger partial charge in [0.1, 0.15) is 9.86 Å². The maximum atomic E-state index is 12.7. The van der Waals surface area contributed by atoms with E-state index in [2.05, 4.69) is 15.2 Å². The van der Waals surface area contributed by atoms with Crippen LogP contribution >= 0.6 is 23.1 Å². The number of nitrogens with zero attached hydrogens (tertiary/aromatic N) is 4. The summed E-state index contributed by atoms with van der Waals surface area (Å²) in [6.45, 7) is 0. The topological polar surface area (TPSA) is 60.7 Å². The van der Waals surface area contributed by atoms with Gasteiger partial charge in [0.15, 0.2) is 10.9 Å². The molecule has 25 heavy (non-hydrogen) atoms. The second-order valence-electron chi connectivity index (χ2n) is 5.65. The van der Waals surface area contributed by atoms with Crippen LogP contribution in [0, 0.1) is 0 Å². The standard InChI is InChI=1S/C15H11F3N4OS2/c1-22-13(23)11-7-3-2-4-8(7)24-12(11)19-14(22)25-10-6-5-9(20-21-10)15(16,17)18/h5-6H,2-4H2,1H3. The van der Waals surface area contributed by atoms with E-state index in [0.717, 1.165) is 42.7 Å². The minimum Gasteiger partial charge on any atom is -0.290 e. The van der Waals surface area contributed by atoms with Crippen molar-refractivity contribution in [1.82, 2.24) is 19.7 Å². The molecule has 5 nitrogen and oxygen atoms in total. The third-order valence-corrected chi connectivity index (χ3v) is 6.19. The van der Waals surface area contributed by atoms with Gasteiger partial charge in [-0.05, 0) is 48.7 Å². The normalized spacial score (nSPS) is 14.2. The fraction of sp³-hybridized carbons (Fsp3) is 0.333. The molecule has 1 aliphatic carbocycles. The van der Waals surface area contributed by atoms with Crippen LogP contribution in [0.3, 0.4) is 0 Å². The molecule has 4 rings (SSSR count). The predicted molar refractivity (Wildman–Crippen MR) is 88.0 cm³/mol. The summed E-state index contributed by atoms with van der Waals surface area (Å²) in [6.07, 6.45) is -1.62. The predicted octanol–water partition coefficient (Wildman–Crippen LogP) is 3.44. The zero-order chi connectivity index (χ0) is 17.8. The van der Waals surface area contributed by atoms with Gasteiger partial charge in [-0.1, -0.05) is 0 Å². The Morgan fingerprint density at radius 3 is 2.72 bits per heavy atom. The first-order valence-electron chi connectivity index (χ1n) is 7.44. The lowest BCUT2D eigenvalue weighted by molar-refractivity contribution is -0.141. The molecule has 10 heteroatoms. The van der Waals surface area contributed by atoms with Crippen molar-refractivity contribution in [2.24, 2.45) is 7.05 Å². The molecule has 0 atom stereocenters. The molecule has 0 saturated heterocycles. The van der Waals surface area contributed by atoms with E-state index in [4.69, 9.17) is 0 Å². The van der Waals surface area contributed by atoms with Gasteiger partial charge in [-0.25, -0.2) is 4.98 Å². The van der Waals surface area contributed by atoms with Crippen LogP contribution in [0.2, 0.25) is 0 Å². The maximum absolute atomic E-state index is 12.7. The first-order chi connectivity index (χ1) is 11.8. The van der Waals surface area contributed by atoms with Gasteiger partial charge in [0, 0.05) is 11.9 Å². The molecule has 0 bridgehead atoms. The number of fused-ring (bicyclic) bond motifs is 3. The van der Waals surface area contributed by atoms with Gasteiger partial charge in [0.05, 0.1) is 5.39 Å². The largest absolute Gasteiger partial charge is 0.435 e. The quantitative estimate of drug-likeness (QED) is 0.634. The summed E-state index contributed by atoms with van der Waals surface area (Å²) >= 11 is 2.54. The smallest absolute Gasteiger partial charge is 0.290 e. The van der Waals surface area contributed by atoms with E-state index in [1.165, 1.54) is 26.8 Å². The fourth-order valence-corrected chi connectivity index (χ4v) is 4.89. The Labute approximate surface area is 147 Å². The van der Waals surface area contributed by atoms with Crippen LogP contribution in [0.25, 0.3) is 10.2 Å². The molecule has 130 valence electrons. The average molecular weight is 384 g/mol. The molecule has 0 spiro atoms. The van der Waals surface area contributed by atoms with Crippen LogP contribution in [0.4, 0.5) is 13.2 Å². The summed E-state index contributed by atoms with van der Waals surface area (Å²) in [7, 11) is 1.60. The molecule has 0 saturated carbocycles. The molecule has 0 aromatic carbocycles. The molecular formula is C15H11F3N4OS2. The van der Waals surface area contributed by atoms with Gasteiger partial charge >= 0.3 is 6.18 Å². The van der Waals surface area contributed by atoms with Crippen molar-refractivity contribution in [3.05, 3.63) is 38.6 Å². The Balaban J connectivity index is 1.73. The minimum absolute atomic E-state index is 0.133. The zero-order valence-corrected chi connectivity index (χ0v) is 14.6. The Bertz CT molecular complexity index is 1020. The molecule has 0 fully saturated rings. The van der Waals surface area contributed by atoms with E-state index in [1.54, 1.807) is 7.05 Å². The van der Waals surface area contributed by atoms with Gasteiger partial charge in [0.2, 0.25) is 0 Å². The third-order valence-electron chi connectivity index (χ3n) is 4.03. The SMILES string of the molecule is Cn1c(Sc2ccc(C(F)(F)F)nn2)nc2sc3c(c2c1=O)CCC3. The number of hydrogen-bond acceptors (Lipinski definition) is 6. The Kier molecular flexibility index (Phi) is 3.84. The average Bonchev–Trinajstić information content (AvgIpc) is 3.12. The van der Waals surface area contributed by atoms with Crippen LogP contribution in [-0.4, -0.2) is 19.7 Å². The summed E-state index contributed by atoms with van der Waals surface area (Å²) < 4.78 is 39.1. The van der Waals surface area contributed by atoms with Crippen LogP contribution in [0.5, 0.6) is 0 Å². The van der Waals surface area contributed by atoms with Crippen LogP contribution in [0.1, 0.15) is 22.6 Å². The van der Waals surface area contributed by atoms with Crippen molar-refractivity contribution in [3.63, 3.8) is 0 Å². The van der Waals surface area contributed by atoms with Gasteiger partial charge in [-0.3, -0.25) is 9.36 Å². The maximum Gasteiger partial charge on any atom is 0.435 e. The van der Waals surface area contributed by atoms with Gasteiger partial charge in [-0.2, -0.15) is 13.2 Å². The van der Waals surface area contributed by atoms with Crippen LogP contribution in [-0.2, 0) is 26.1 Å². The first kappa shape index (κ1) is 16.5. The number of thiophene rings is 1. The summed E-state index contributed by atoms with van der Waals surface area (Å²) in [6, 6.07) is 2.09. The second-order valence-corrected chi connectivity index (χ2v) is 7.72. The van der Waals surface area contributed by atoms with Crippen LogP contribution in [0.15, 0.2) is 27.1 Å². The van der Waals surface area contributed by atoms with E-state index in [-0.39, 0.29) is 10.6 Å². The number of aromatic nitrogens is 4. The molecular weight excluding hydrogens is 373 g/mol. The molecule has 0 unspecified atom stereocenters. The second kappa shape index (κ2) is 5.80. The van der Waals surface area contributed by atoms with E-state index >= 15 is 0 Å². The van der Waals surface area contributed by atoms with E-state index in [9.17, 15) is 18.0 Å². The van der Waals surface area contributed by atoms with Gasteiger partial charge in [-0.15, -0.1) is 21.5 Å². The zero-order valence-electron chi connectivity index (χ0n) is 12.9. The monoisotopic (exact) mass is 384 g/mol. The highest BCUT2D eigenvalue weighted by atomic mass is 32.2. The number of alkyl halides is 3. The molecule has 1 aliphatic rings. The van der Waals surface area contributed by atoms with Crippen molar-refractivity contribution in [2.75, 3.05) is 0 Å². The lowest BCUT2D eigenvalue weighted by Crippen LogP contribution is -2.20. The number of hydrogen-bond donors (Lipinski definition) is 0. The summed E-state index contributed by atoms with van der Waals surface area (Å²) in [5, 5.41) is 8.07. The lowest BCUT2D eigenvalue weighted by Gasteiger charge is -2.08. The first-order valence-corrected chi connectivity index (χ1v) is 9.08. The van der Waals surface area contributed by atoms with Crippen LogP contribution < -0.4 is 5.56 Å². The number of aryl methyl sites for hydroxylation is 2. The summed E-state index contributed by atoms with van der Waals surface area (Å²) in [4.78, 5) is 19.1. The highest BCUT2D eigenvalue weighted by molar-refractivity contribution is 7.99. The Morgan fingerprint density at radius 1 is 1.24 bits per heavy atom. The fourth-order valence-electron chi connectivity index (χ4n) is 2.82. The van der Waals surface area contributed by atoms with E-state index < -0.39 is 11.9 Å². The summed E-state index contributed by atoms with van der Waals surface area (Å²) in [5.41, 5.74) is -0.0884. The molecule has 0 radical (unpaired) electrons. The molecule has 0 aliphatic heterocycles. The molecule has 0 N–H and O–H groups in total. The number of rotatable bonds is 2. The lowest BCUT2D eigenvalue weighted by atomic mass is 10.2. The Morgan fingerprint density at radius 2 is 2.04 bits per heavy atom. The third kappa shape index (κ3) is 2.82. The Hall–Kier alpha value is -1.94. The molecule has 3 heterocycles. The van der Waals surface area contributed by atoms with Crippen molar-refractivity contribution < 1.29 is 13.2 Å². The van der Waals surface area contributed by atoms with Gasteiger partial charge in [0.25, 0.3) is 5.56 Å². The van der Waals surface area contributed by atoms with Gasteiger partial charge < -0.3 is 0 Å². The summed E-state index contributed by atoms with van der Waals surface area (Å²) in [5.74, 6) is 0. The van der Waals surface area contributed by atoms with Crippen molar-refractivity contribution in [2.45, 2.75) is 35.6 Å². The highest BCUT2D eigenvalue weighted by Crippen LogP contribution is 2.36. The van der Waals surface area contributed by atoms with E-state index in [0.29, 0.717) is 15.4 Å².